The summed E-state index contributed by atoms with van der Waals surface area (Å²) < 4.78 is 10.8. The number of fused-ring (bicyclic) bond motifs is 1. The zero-order valence-electron chi connectivity index (χ0n) is 12.9. The number of ether oxygens (including phenoxy) is 1. The Hall–Kier alpha value is -2.42. The fourth-order valence-electron chi connectivity index (χ4n) is 2.53. The average molecular weight is 431 g/mol. The summed E-state index contributed by atoms with van der Waals surface area (Å²) in [6, 6.07) is 5.94. The van der Waals surface area contributed by atoms with Gasteiger partial charge in [-0.3, -0.25) is 9.67 Å². The van der Waals surface area contributed by atoms with Gasteiger partial charge in [0.2, 0.25) is 0 Å². The minimum absolute atomic E-state index is 0.460. The van der Waals surface area contributed by atoms with Crippen LogP contribution in [0.5, 0.6) is 5.75 Å². The lowest BCUT2D eigenvalue weighted by Crippen LogP contribution is -1.99. The van der Waals surface area contributed by atoms with Crippen molar-refractivity contribution in [2.45, 2.75) is 6.61 Å². The van der Waals surface area contributed by atoms with Crippen LogP contribution in [0.25, 0.3) is 16.6 Å². The van der Waals surface area contributed by atoms with E-state index < -0.39 is 0 Å². The fraction of sp³-hybridized carbons (Fsp3) is 0.118. The van der Waals surface area contributed by atoms with E-state index in [9.17, 15) is 0 Å². The quantitative estimate of drug-likeness (QED) is 0.466. The van der Waals surface area contributed by atoms with Gasteiger partial charge < -0.3 is 4.74 Å². The third-order valence-electron chi connectivity index (χ3n) is 3.69. The Labute approximate surface area is 152 Å². The highest BCUT2D eigenvalue weighted by atomic mass is 127. The van der Waals surface area contributed by atoms with E-state index in [1.807, 2.05) is 60.7 Å². The second-order valence-corrected chi connectivity index (χ2v) is 6.59. The fourth-order valence-corrected chi connectivity index (χ4v) is 3.17. The summed E-state index contributed by atoms with van der Waals surface area (Å²) >= 11 is 2.27. The van der Waals surface area contributed by atoms with Crippen molar-refractivity contribution in [3.05, 3.63) is 64.5 Å². The first-order valence-corrected chi connectivity index (χ1v) is 8.46. The molecule has 4 rings (SSSR count). The Morgan fingerprint density at radius 1 is 1.12 bits per heavy atom. The molecule has 120 valence electrons. The summed E-state index contributed by atoms with van der Waals surface area (Å²) in [5, 5.41) is 8.65. The number of hydrogen-bond acceptors (Lipinski definition) is 4. The summed E-state index contributed by atoms with van der Waals surface area (Å²) in [5.41, 5.74) is 4.02. The number of halogens is 1. The van der Waals surface area contributed by atoms with Gasteiger partial charge in [-0.25, -0.2) is 4.52 Å². The van der Waals surface area contributed by atoms with Crippen LogP contribution in [0.1, 0.15) is 5.56 Å². The minimum atomic E-state index is 0.460. The van der Waals surface area contributed by atoms with Crippen molar-refractivity contribution in [1.29, 1.82) is 0 Å². The van der Waals surface area contributed by atoms with Gasteiger partial charge >= 0.3 is 0 Å². The smallest absolute Gasteiger partial charge is 0.147 e. The number of aryl methyl sites for hydroxylation is 1. The van der Waals surface area contributed by atoms with E-state index in [4.69, 9.17) is 4.74 Å². The first-order valence-electron chi connectivity index (χ1n) is 7.38. The van der Waals surface area contributed by atoms with Gasteiger partial charge in [-0.05, 0) is 34.7 Å². The van der Waals surface area contributed by atoms with Gasteiger partial charge in [-0.2, -0.15) is 10.2 Å². The van der Waals surface area contributed by atoms with Crippen LogP contribution < -0.4 is 4.74 Å². The summed E-state index contributed by atoms with van der Waals surface area (Å²) in [4.78, 5) is 4.12. The molecule has 0 atom stereocenters. The molecule has 0 aliphatic rings. The first-order chi connectivity index (χ1) is 11.7. The molecule has 0 bridgehead atoms. The van der Waals surface area contributed by atoms with E-state index in [1.54, 1.807) is 10.9 Å². The predicted octanol–water partition coefficient (Wildman–Crippen LogP) is 3.31. The predicted molar refractivity (Wildman–Crippen MR) is 98.7 cm³/mol. The normalized spacial score (nSPS) is 11.1. The van der Waals surface area contributed by atoms with Crippen molar-refractivity contribution in [2.24, 2.45) is 7.05 Å². The number of aromatic nitrogens is 5. The number of rotatable bonds is 4. The molecule has 0 saturated heterocycles. The van der Waals surface area contributed by atoms with Crippen molar-refractivity contribution in [1.82, 2.24) is 24.4 Å². The summed E-state index contributed by atoms with van der Waals surface area (Å²) in [7, 11) is 1.90. The average Bonchev–Trinajstić information content (AvgIpc) is 3.20. The lowest BCUT2D eigenvalue weighted by Gasteiger charge is -2.10. The molecule has 0 unspecified atom stereocenters. The van der Waals surface area contributed by atoms with E-state index in [1.165, 1.54) is 0 Å². The van der Waals surface area contributed by atoms with Gasteiger partial charge in [0.1, 0.15) is 17.9 Å². The van der Waals surface area contributed by atoms with Crippen LogP contribution in [0.3, 0.4) is 0 Å². The number of nitrogens with zero attached hydrogens (tertiary/aromatic N) is 5. The van der Waals surface area contributed by atoms with Crippen molar-refractivity contribution in [3.8, 4) is 16.9 Å². The lowest BCUT2D eigenvalue weighted by molar-refractivity contribution is 0.308. The third kappa shape index (κ3) is 2.86. The van der Waals surface area contributed by atoms with Crippen LogP contribution in [0.15, 0.2) is 55.4 Å². The molecule has 0 aliphatic heterocycles. The number of pyridine rings is 2. The molecular formula is C17H14IN5O. The second-order valence-electron chi connectivity index (χ2n) is 5.43. The maximum Gasteiger partial charge on any atom is 0.147 e. The largest absolute Gasteiger partial charge is 0.487 e. The van der Waals surface area contributed by atoms with Crippen LogP contribution >= 0.6 is 22.6 Å². The highest BCUT2D eigenvalue weighted by Gasteiger charge is 2.13. The van der Waals surface area contributed by atoms with Gasteiger partial charge in [0.25, 0.3) is 0 Å². The standard InChI is InChI=1S/C17H14IN5O/c1-22-9-14(7-20-22)13-5-16(17-15(18)8-21-23(17)10-13)24-11-12-3-2-4-19-6-12/h2-10H,11H2,1H3. The molecule has 24 heavy (non-hydrogen) atoms. The van der Waals surface area contributed by atoms with E-state index in [0.29, 0.717) is 6.61 Å². The molecule has 4 aromatic heterocycles. The van der Waals surface area contributed by atoms with Gasteiger partial charge in [0.05, 0.1) is 16.0 Å². The maximum absolute atomic E-state index is 6.08. The van der Waals surface area contributed by atoms with E-state index in [2.05, 4.69) is 37.8 Å². The van der Waals surface area contributed by atoms with Gasteiger partial charge in [-0.15, -0.1) is 0 Å². The van der Waals surface area contributed by atoms with Crippen LogP contribution in [-0.2, 0) is 13.7 Å². The van der Waals surface area contributed by atoms with Crippen LogP contribution in [0.2, 0.25) is 0 Å². The molecule has 0 aliphatic carbocycles. The summed E-state index contributed by atoms with van der Waals surface area (Å²) in [6.45, 7) is 0.460. The van der Waals surface area contributed by atoms with Gasteiger partial charge in [0, 0.05) is 48.5 Å². The van der Waals surface area contributed by atoms with Crippen molar-refractivity contribution >= 4 is 28.1 Å². The Bertz CT molecular complexity index is 993. The van der Waals surface area contributed by atoms with Gasteiger partial charge in [0.15, 0.2) is 0 Å². The monoisotopic (exact) mass is 431 g/mol. The lowest BCUT2D eigenvalue weighted by atomic mass is 10.1. The summed E-state index contributed by atoms with van der Waals surface area (Å²) in [6.07, 6.45) is 11.2. The Morgan fingerprint density at radius 2 is 2.04 bits per heavy atom. The van der Waals surface area contributed by atoms with Crippen LogP contribution in [0, 0.1) is 3.57 Å². The molecule has 0 radical (unpaired) electrons. The first kappa shape index (κ1) is 15.1. The number of hydrogen-bond donors (Lipinski definition) is 0. The topological polar surface area (TPSA) is 57.2 Å². The van der Waals surface area contributed by atoms with E-state index in [0.717, 1.165) is 31.5 Å². The van der Waals surface area contributed by atoms with Crippen molar-refractivity contribution in [3.63, 3.8) is 0 Å². The molecular weight excluding hydrogens is 417 g/mol. The molecule has 4 aromatic rings. The Balaban J connectivity index is 1.75. The molecule has 4 heterocycles. The molecule has 0 aromatic carbocycles. The zero-order chi connectivity index (χ0) is 16.5. The molecule has 0 fully saturated rings. The highest BCUT2D eigenvalue weighted by molar-refractivity contribution is 14.1. The van der Waals surface area contributed by atoms with Crippen LogP contribution in [-0.4, -0.2) is 24.4 Å². The zero-order valence-corrected chi connectivity index (χ0v) is 15.1. The molecule has 0 N–H and O–H groups in total. The molecule has 7 heteroatoms. The van der Waals surface area contributed by atoms with Crippen molar-refractivity contribution in [2.75, 3.05) is 0 Å². The third-order valence-corrected chi connectivity index (χ3v) is 4.48. The van der Waals surface area contributed by atoms with Gasteiger partial charge in [-0.1, -0.05) is 6.07 Å². The second kappa shape index (κ2) is 6.23. The molecule has 6 nitrogen and oxygen atoms in total. The van der Waals surface area contributed by atoms with Crippen LogP contribution in [0.4, 0.5) is 0 Å². The molecule has 0 spiro atoms. The molecule has 0 saturated carbocycles. The van der Waals surface area contributed by atoms with E-state index >= 15 is 0 Å². The maximum atomic E-state index is 6.08. The SMILES string of the molecule is Cn1cc(-c2cc(OCc3cccnc3)c3c(I)cnn3c2)cn1. The highest BCUT2D eigenvalue weighted by Crippen LogP contribution is 2.31. The minimum Gasteiger partial charge on any atom is -0.487 e. The van der Waals surface area contributed by atoms with Crippen molar-refractivity contribution < 1.29 is 4.74 Å². The molecule has 0 amide bonds. The Morgan fingerprint density at radius 3 is 2.79 bits per heavy atom. The van der Waals surface area contributed by atoms with E-state index in [-0.39, 0.29) is 0 Å². The summed E-state index contributed by atoms with van der Waals surface area (Å²) in [5.74, 6) is 0.794. The Kier molecular flexibility index (Phi) is 3.93.